The monoisotopic (exact) mass is 312 g/mol. The number of hydrogen-bond acceptors (Lipinski definition) is 4. The second-order valence-electron chi connectivity index (χ2n) is 5.60. The van der Waals surface area contributed by atoms with Gasteiger partial charge < -0.3 is 15.3 Å². The van der Waals surface area contributed by atoms with Crippen LogP contribution in [-0.4, -0.2) is 52.1 Å². The largest absolute Gasteiger partial charge is 0.508 e. The first kappa shape index (κ1) is 15.3. The summed E-state index contributed by atoms with van der Waals surface area (Å²) in [5.41, 5.74) is 1.84. The van der Waals surface area contributed by atoms with E-state index in [1.54, 1.807) is 36.7 Å². The van der Waals surface area contributed by atoms with Gasteiger partial charge in [0.25, 0.3) is 0 Å². The minimum Gasteiger partial charge on any atom is -0.508 e. The molecule has 0 bridgehead atoms. The number of aromatic nitrogens is 1. The van der Waals surface area contributed by atoms with Crippen LogP contribution in [0, 0.1) is 0 Å². The first-order chi connectivity index (χ1) is 11.2. The number of nitrogens with one attached hydrogen (secondary N) is 1. The van der Waals surface area contributed by atoms with Crippen LogP contribution in [0.2, 0.25) is 0 Å². The molecule has 0 saturated carbocycles. The predicted molar refractivity (Wildman–Crippen MR) is 88.2 cm³/mol. The summed E-state index contributed by atoms with van der Waals surface area (Å²) in [6.45, 7) is 3.80. The zero-order valence-corrected chi connectivity index (χ0v) is 12.9. The normalized spacial score (nSPS) is 15.4. The van der Waals surface area contributed by atoms with Crippen LogP contribution in [-0.2, 0) is 6.54 Å². The molecule has 3 rings (SSSR count). The van der Waals surface area contributed by atoms with Gasteiger partial charge in [-0.05, 0) is 29.8 Å². The van der Waals surface area contributed by atoms with E-state index in [9.17, 15) is 9.90 Å². The average Bonchev–Trinajstić information content (AvgIpc) is 2.56. The summed E-state index contributed by atoms with van der Waals surface area (Å²) in [5.74, 6) is 0.290. The molecule has 2 N–H and O–H groups in total. The van der Waals surface area contributed by atoms with E-state index in [0.717, 1.165) is 30.9 Å². The van der Waals surface area contributed by atoms with Crippen molar-refractivity contribution >= 4 is 11.7 Å². The zero-order valence-electron chi connectivity index (χ0n) is 12.9. The van der Waals surface area contributed by atoms with Gasteiger partial charge >= 0.3 is 6.03 Å². The summed E-state index contributed by atoms with van der Waals surface area (Å²) in [6, 6.07) is 10.8. The molecule has 1 fully saturated rings. The molecule has 1 saturated heterocycles. The molecule has 1 aromatic carbocycles. The van der Waals surface area contributed by atoms with Crippen LogP contribution >= 0.6 is 0 Å². The molecule has 120 valence electrons. The number of hydrogen-bond donors (Lipinski definition) is 2. The number of benzene rings is 1. The number of nitrogens with zero attached hydrogens (tertiary/aromatic N) is 3. The van der Waals surface area contributed by atoms with Crippen LogP contribution in [0.15, 0.2) is 48.8 Å². The van der Waals surface area contributed by atoms with Crippen molar-refractivity contribution in [3.63, 3.8) is 0 Å². The number of carbonyl (C=O) groups is 1. The minimum absolute atomic E-state index is 0.0757. The fraction of sp³-hybridized carbons (Fsp3) is 0.294. The molecular weight excluding hydrogens is 292 g/mol. The van der Waals surface area contributed by atoms with Gasteiger partial charge in [-0.1, -0.05) is 12.1 Å². The third kappa shape index (κ3) is 4.20. The SMILES string of the molecule is O=C(Nc1ccncc1)N1CCN(Cc2cccc(O)c2)CC1. The van der Waals surface area contributed by atoms with Gasteiger partial charge in [0.05, 0.1) is 0 Å². The van der Waals surface area contributed by atoms with Gasteiger partial charge in [-0.15, -0.1) is 0 Å². The van der Waals surface area contributed by atoms with Crippen LogP contribution < -0.4 is 5.32 Å². The van der Waals surface area contributed by atoms with Crippen LogP contribution in [0.4, 0.5) is 10.5 Å². The Labute approximate surface area is 135 Å². The molecule has 23 heavy (non-hydrogen) atoms. The summed E-state index contributed by atoms with van der Waals surface area (Å²) < 4.78 is 0. The summed E-state index contributed by atoms with van der Waals surface area (Å²) in [7, 11) is 0. The van der Waals surface area contributed by atoms with E-state index in [-0.39, 0.29) is 11.8 Å². The number of amides is 2. The lowest BCUT2D eigenvalue weighted by atomic mass is 10.2. The summed E-state index contributed by atoms with van der Waals surface area (Å²) in [4.78, 5) is 20.3. The number of phenols is 1. The maximum atomic E-state index is 12.2. The van der Waals surface area contributed by atoms with E-state index >= 15 is 0 Å². The van der Waals surface area contributed by atoms with Crippen molar-refractivity contribution in [1.29, 1.82) is 0 Å². The molecule has 0 spiro atoms. The first-order valence-electron chi connectivity index (χ1n) is 7.67. The Hall–Kier alpha value is -2.60. The number of piperazine rings is 1. The van der Waals surface area contributed by atoms with Crippen molar-refractivity contribution < 1.29 is 9.90 Å². The Balaban J connectivity index is 1.49. The average molecular weight is 312 g/mol. The van der Waals surface area contributed by atoms with E-state index in [0.29, 0.717) is 13.1 Å². The number of phenolic OH excluding ortho intramolecular Hbond substituents is 1. The van der Waals surface area contributed by atoms with Crippen LogP contribution in [0.3, 0.4) is 0 Å². The van der Waals surface area contributed by atoms with Crippen LogP contribution in [0.25, 0.3) is 0 Å². The molecule has 1 aliphatic heterocycles. The lowest BCUT2D eigenvalue weighted by molar-refractivity contribution is 0.143. The molecule has 1 aliphatic rings. The molecule has 1 aromatic heterocycles. The Morgan fingerprint density at radius 3 is 2.57 bits per heavy atom. The van der Waals surface area contributed by atoms with E-state index < -0.39 is 0 Å². The lowest BCUT2D eigenvalue weighted by Gasteiger charge is -2.34. The second kappa shape index (κ2) is 7.11. The molecule has 0 aliphatic carbocycles. The van der Waals surface area contributed by atoms with Crippen molar-refractivity contribution in [3.05, 3.63) is 54.4 Å². The Bertz CT molecular complexity index is 655. The fourth-order valence-electron chi connectivity index (χ4n) is 2.66. The molecule has 0 atom stereocenters. The van der Waals surface area contributed by atoms with Crippen molar-refractivity contribution in [3.8, 4) is 5.75 Å². The standard InChI is InChI=1S/C17H20N4O2/c22-16-3-1-2-14(12-16)13-20-8-10-21(11-9-20)17(23)19-15-4-6-18-7-5-15/h1-7,12,22H,8-11,13H2,(H,18,19,23). The number of aromatic hydroxyl groups is 1. The topological polar surface area (TPSA) is 68.7 Å². The highest BCUT2D eigenvalue weighted by Gasteiger charge is 2.21. The van der Waals surface area contributed by atoms with Gasteiger partial charge in [0.15, 0.2) is 0 Å². The van der Waals surface area contributed by atoms with Gasteiger partial charge in [0.2, 0.25) is 0 Å². The summed E-state index contributed by atoms with van der Waals surface area (Å²) >= 11 is 0. The Kier molecular flexibility index (Phi) is 4.73. The van der Waals surface area contributed by atoms with Crippen LogP contribution in [0.5, 0.6) is 5.75 Å². The quantitative estimate of drug-likeness (QED) is 0.911. The summed E-state index contributed by atoms with van der Waals surface area (Å²) in [6.07, 6.45) is 3.31. The third-order valence-electron chi connectivity index (χ3n) is 3.91. The molecule has 2 heterocycles. The van der Waals surface area contributed by atoms with Crippen LogP contribution in [0.1, 0.15) is 5.56 Å². The number of anilines is 1. The van der Waals surface area contributed by atoms with Gasteiger partial charge in [-0.25, -0.2) is 4.79 Å². The van der Waals surface area contributed by atoms with Gasteiger partial charge in [0.1, 0.15) is 5.75 Å². The molecule has 2 aromatic rings. The number of pyridine rings is 1. The number of rotatable bonds is 3. The molecule has 0 unspecified atom stereocenters. The van der Waals surface area contributed by atoms with E-state index in [1.807, 2.05) is 17.0 Å². The summed E-state index contributed by atoms with van der Waals surface area (Å²) in [5, 5.41) is 12.4. The van der Waals surface area contributed by atoms with Crippen molar-refractivity contribution in [2.75, 3.05) is 31.5 Å². The first-order valence-corrected chi connectivity index (χ1v) is 7.67. The maximum Gasteiger partial charge on any atom is 0.321 e. The van der Waals surface area contributed by atoms with Crippen molar-refractivity contribution in [2.24, 2.45) is 0 Å². The highest BCUT2D eigenvalue weighted by molar-refractivity contribution is 5.89. The number of urea groups is 1. The lowest BCUT2D eigenvalue weighted by Crippen LogP contribution is -2.49. The Morgan fingerprint density at radius 1 is 1.13 bits per heavy atom. The van der Waals surface area contributed by atoms with Gasteiger partial charge in [-0.3, -0.25) is 9.88 Å². The van der Waals surface area contributed by atoms with Gasteiger partial charge in [0, 0.05) is 50.8 Å². The van der Waals surface area contributed by atoms with E-state index in [2.05, 4.69) is 15.2 Å². The second-order valence-corrected chi connectivity index (χ2v) is 5.60. The highest BCUT2D eigenvalue weighted by Crippen LogP contribution is 2.14. The maximum absolute atomic E-state index is 12.2. The molecule has 6 heteroatoms. The smallest absolute Gasteiger partial charge is 0.321 e. The molecular formula is C17H20N4O2. The minimum atomic E-state index is -0.0757. The Morgan fingerprint density at radius 2 is 1.87 bits per heavy atom. The van der Waals surface area contributed by atoms with Crippen molar-refractivity contribution in [1.82, 2.24) is 14.8 Å². The van der Waals surface area contributed by atoms with E-state index in [4.69, 9.17) is 0 Å². The van der Waals surface area contributed by atoms with Crippen molar-refractivity contribution in [2.45, 2.75) is 6.54 Å². The molecule has 0 radical (unpaired) electrons. The zero-order chi connectivity index (χ0) is 16.1. The van der Waals surface area contributed by atoms with Gasteiger partial charge in [-0.2, -0.15) is 0 Å². The molecule has 2 amide bonds. The fourth-order valence-corrected chi connectivity index (χ4v) is 2.66. The third-order valence-corrected chi connectivity index (χ3v) is 3.91. The molecule has 6 nitrogen and oxygen atoms in total. The predicted octanol–water partition coefficient (Wildman–Crippen LogP) is 2.14. The number of carbonyl (C=O) groups excluding carboxylic acids is 1. The van der Waals surface area contributed by atoms with E-state index in [1.165, 1.54) is 0 Å². The highest BCUT2D eigenvalue weighted by atomic mass is 16.3.